The fourth-order valence-electron chi connectivity index (χ4n) is 2.91. The second-order valence-corrected chi connectivity index (χ2v) is 5.93. The summed E-state index contributed by atoms with van der Waals surface area (Å²) in [6.07, 6.45) is 1.95. The molecule has 0 aliphatic rings. The molecule has 3 rings (SSSR count). The van der Waals surface area contributed by atoms with E-state index in [2.05, 4.69) is 0 Å². The van der Waals surface area contributed by atoms with Crippen LogP contribution < -0.4 is 4.65 Å². The summed E-state index contributed by atoms with van der Waals surface area (Å²) in [6.45, 7) is 1.92. The highest BCUT2D eigenvalue weighted by molar-refractivity contribution is 7.98. The third-order valence-electron chi connectivity index (χ3n) is 3.87. The molecule has 0 spiro atoms. The number of rotatable bonds is 4. The summed E-state index contributed by atoms with van der Waals surface area (Å²) in [4.78, 5) is 0.936. The maximum Gasteiger partial charge on any atom is 0.569 e. The summed E-state index contributed by atoms with van der Waals surface area (Å²) in [5.74, 6) is 0.335. The molecule has 0 aliphatic heterocycles. The highest BCUT2D eigenvalue weighted by atomic mass is 32.2. The summed E-state index contributed by atoms with van der Waals surface area (Å²) in [5, 5.41) is 10.8. The lowest BCUT2D eigenvalue weighted by Gasteiger charge is -2.19. The Morgan fingerprint density at radius 2 is 1.70 bits per heavy atom. The van der Waals surface area contributed by atoms with Gasteiger partial charge < -0.3 is 9.68 Å². The van der Waals surface area contributed by atoms with E-state index in [4.69, 9.17) is 9.68 Å². The Morgan fingerprint density at radius 1 is 1.04 bits per heavy atom. The van der Waals surface area contributed by atoms with Crippen molar-refractivity contribution in [3.63, 3.8) is 0 Å². The van der Waals surface area contributed by atoms with Gasteiger partial charge in [-0.2, -0.15) is 0 Å². The average molecular weight is 325 g/mol. The molecule has 0 unspecified atom stereocenters. The first kappa shape index (κ1) is 15.9. The minimum atomic E-state index is -0.255. The first-order valence-electron chi connectivity index (χ1n) is 7.15. The predicted molar refractivity (Wildman–Crippen MR) is 94.5 cm³/mol. The molecule has 2 nitrogen and oxygen atoms in total. The van der Waals surface area contributed by atoms with Gasteiger partial charge in [0.15, 0.2) is 0 Å². The van der Waals surface area contributed by atoms with Crippen LogP contribution in [-0.4, -0.2) is 19.0 Å². The van der Waals surface area contributed by atoms with Crippen molar-refractivity contribution < 1.29 is 14.1 Å². The van der Waals surface area contributed by atoms with E-state index in [0.717, 1.165) is 26.8 Å². The Labute approximate surface area is 139 Å². The van der Waals surface area contributed by atoms with E-state index in [-0.39, 0.29) is 5.82 Å². The fourth-order valence-corrected chi connectivity index (χ4v) is 3.73. The van der Waals surface area contributed by atoms with Gasteiger partial charge >= 0.3 is 7.69 Å². The van der Waals surface area contributed by atoms with Gasteiger partial charge in [0.05, 0.1) is 0 Å². The predicted octanol–water partition coefficient (Wildman–Crippen LogP) is 4.58. The smallest absolute Gasteiger partial charge is 0.537 e. The standard InChI is InChI=1S/C18H15BFO2S/c1-11-17(22-19-21)13-8-4-3-7-12(13)16(18(11)23-2)14-9-5-6-10-15(14)20/h3-10,21H,1-2H3. The summed E-state index contributed by atoms with van der Waals surface area (Å²) < 4.78 is 19.8. The van der Waals surface area contributed by atoms with Gasteiger partial charge in [0, 0.05) is 27.0 Å². The van der Waals surface area contributed by atoms with Crippen LogP contribution in [0.15, 0.2) is 53.4 Å². The third-order valence-corrected chi connectivity index (χ3v) is 4.79. The van der Waals surface area contributed by atoms with Crippen molar-refractivity contribution >= 4 is 30.2 Å². The van der Waals surface area contributed by atoms with E-state index in [1.165, 1.54) is 17.8 Å². The quantitative estimate of drug-likeness (QED) is 0.562. The summed E-state index contributed by atoms with van der Waals surface area (Å²) >= 11 is 1.54. The highest BCUT2D eigenvalue weighted by Crippen LogP contribution is 2.45. The summed E-state index contributed by atoms with van der Waals surface area (Å²) in [7, 11) is 0.682. The molecule has 0 aliphatic carbocycles. The first-order chi connectivity index (χ1) is 11.2. The second kappa shape index (κ2) is 6.65. The maximum atomic E-state index is 14.4. The zero-order valence-electron chi connectivity index (χ0n) is 12.8. The maximum absolute atomic E-state index is 14.4. The van der Waals surface area contributed by atoms with Gasteiger partial charge in [-0.15, -0.1) is 11.8 Å². The minimum absolute atomic E-state index is 0.255. The van der Waals surface area contributed by atoms with Crippen molar-refractivity contribution in [2.45, 2.75) is 11.8 Å². The first-order valence-corrected chi connectivity index (χ1v) is 8.38. The number of halogens is 1. The molecular formula is C18H15BFO2S. The van der Waals surface area contributed by atoms with Gasteiger partial charge in [0.25, 0.3) is 0 Å². The van der Waals surface area contributed by atoms with Crippen LogP contribution in [-0.2, 0) is 0 Å². The normalized spacial score (nSPS) is 10.8. The van der Waals surface area contributed by atoms with Gasteiger partial charge in [-0.1, -0.05) is 42.5 Å². The van der Waals surface area contributed by atoms with E-state index in [0.29, 0.717) is 19.0 Å². The average Bonchev–Trinajstić information content (AvgIpc) is 2.57. The lowest BCUT2D eigenvalue weighted by atomic mass is 9.94. The molecule has 0 fully saturated rings. The Balaban J connectivity index is 2.47. The molecule has 0 saturated heterocycles. The SMILES string of the molecule is CSc1c(C)c(O[B]O)c2ccccc2c1-c1ccccc1F. The molecule has 0 aromatic heterocycles. The van der Waals surface area contributed by atoms with Gasteiger partial charge in [0.1, 0.15) is 11.6 Å². The van der Waals surface area contributed by atoms with Crippen molar-refractivity contribution in [1.82, 2.24) is 0 Å². The van der Waals surface area contributed by atoms with Crippen LogP contribution in [0.2, 0.25) is 0 Å². The molecule has 5 heteroatoms. The summed E-state index contributed by atoms with van der Waals surface area (Å²) in [6, 6.07) is 14.4. The van der Waals surface area contributed by atoms with Crippen LogP contribution in [0.5, 0.6) is 5.75 Å². The molecule has 3 aromatic carbocycles. The van der Waals surface area contributed by atoms with Crippen LogP contribution in [0, 0.1) is 12.7 Å². The molecule has 1 N–H and O–H groups in total. The number of hydrogen-bond acceptors (Lipinski definition) is 3. The Morgan fingerprint density at radius 3 is 2.35 bits per heavy atom. The fraction of sp³-hybridized carbons (Fsp3) is 0.111. The molecule has 23 heavy (non-hydrogen) atoms. The van der Waals surface area contributed by atoms with E-state index in [1.54, 1.807) is 12.1 Å². The lowest BCUT2D eigenvalue weighted by molar-refractivity contribution is 0.454. The molecule has 0 bridgehead atoms. The van der Waals surface area contributed by atoms with Crippen molar-refractivity contribution in [2.75, 3.05) is 6.26 Å². The van der Waals surface area contributed by atoms with Gasteiger partial charge in [-0.25, -0.2) is 4.39 Å². The molecular weight excluding hydrogens is 310 g/mol. The third kappa shape index (κ3) is 2.71. The zero-order valence-corrected chi connectivity index (χ0v) is 13.7. The monoisotopic (exact) mass is 325 g/mol. The van der Waals surface area contributed by atoms with Gasteiger partial charge in [-0.3, -0.25) is 0 Å². The topological polar surface area (TPSA) is 29.5 Å². The Bertz CT molecular complexity index is 867. The summed E-state index contributed by atoms with van der Waals surface area (Å²) in [5.41, 5.74) is 2.30. The largest absolute Gasteiger partial charge is 0.569 e. The minimum Gasteiger partial charge on any atom is -0.537 e. The molecule has 0 saturated carbocycles. The van der Waals surface area contributed by atoms with Crippen LogP contribution in [0.3, 0.4) is 0 Å². The lowest BCUT2D eigenvalue weighted by Crippen LogP contribution is -2.04. The van der Waals surface area contributed by atoms with Crippen LogP contribution in [0.25, 0.3) is 21.9 Å². The zero-order chi connectivity index (χ0) is 16.4. The molecule has 3 aromatic rings. The number of benzene rings is 3. The highest BCUT2D eigenvalue weighted by Gasteiger charge is 2.20. The Hall–Kier alpha value is -1.98. The van der Waals surface area contributed by atoms with E-state index < -0.39 is 0 Å². The molecule has 115 valence electrons. The van der Waals surface area contributed by atoms with Crippen molar-refractivity contribution in [3.8, 4) is 16.9 Å². The van der Waals surface area contributed by atoms with E-state index in [9.17, 15) is 4.39 Å². The molecule has 0 amide bonds. The number of hydrogen-bond donors (Lipinski definition) is 1. The second-order valence-electron chi connectivity index (χ2n) is 5.11. The number of fused-ring (bicyclic) bond motifs is 1. The van der Waals surface area contributed by atoms with Crippen molar-refractivity contribution in [2.24, 2.45) is 0 Å². The van der Waals surface area contributed by atoms with Crippen molar-refractivity contribution in [1.29, 1.82) is 0 Å². The van der Waals surface area contributed by atoms with Gasteiger partial charge in [-0.05, 0) is 24.6 Å². The Kier molecular flexibility index (Phi) is 4.60. The van der Waals surface area contributed by atoms with Crippen LogP contribution in [0.4, 0.5) is 4.39 Å². The van der Waals surface area contributed by atoms with Crippen LogP contribution in [0.1, 0.15) is 5.56 Å². The van der Waals surface area contributed by atoms with Crippen LogP contribution >= 0.6 is 11.8 Å². The molecule has 0 heterocycles. The van der Waals surface area contributed by atoms with E-state index in [1.807, 2.05) is 43.5 Å². The van der Waals surface area contributed by atoms with E-state index >= 15 is 0 Å². The van der Waals surface area contributed by atoms with Gasteiger partial charge in [0.2, 0.25) is 0 Å². The molecule has 0 atom stereocenters. The number of thioether (sulfide) groups is 1. The van der Waals surface area contributed by atoms with Crippen molar-refractivity contribution in [3.05, 3.63) is 59.9 Å². The molecule has 1 radical (unpaired) electrons.